The summed E-state index contributed by atoms with van der Waals surface area (Å²) in [6, 6.07) is 65.6. The van der Waals surface area contributed by atoms with E-state index in [2.05, 4.69) is 135 Å². The van der Waals surface area contributed by atoms with Crippen molar-refractivity contribution in [1.29, 1.82) is 5.26 Å². The molecule has 5 nitrogen and oxygen atoms in total. The lowest BCUT2D eigenvalue weighted by Gasteiger charge is -2.21. The second-order valence-corrected chi connectivity index (χ2v) is 16.7. The van der Waals surface area contributed by atoms with Crippen molar-refractivity contribution in [3.05, 3.63) is 199 Å². The maximum absolute atomic E-state index is 9.38. The van der Waals surface area contributed by atoms with Gasteiger partial charge in [0.25, 0.3) is 0 Å². The number of hydrogen-bond donors (Lipinski definition) is 0. The number of fused-ring (bicyclic) bond motifs is 11. The van der Waals surface area contributed by atoms with Gasteiger partial charge in [-0.3, -0.25) is 0 Å². The van der Waals surface area contributed by atoms with Crippen LogP contribution in [-0.4, -0.2) is 15.0 Å². The summed E-state index contributed by atoms with van der Waals surface area (Å²) in [7, 11) is 0. The number of furan rings is 1. The molecule has 0 fully saturated rings. The number of para-hydroxylation sites is 1. The first kappa shape index (κ1) is 35.7. The molecule has 12 rings (SSSR count). The number of hydrogen-bond acceptors (Lipinski definition) is 5. The van der Waals surface area contributed by atoms with Crippen molar-refractivity contribution >= 4 is 43.5 Å². The van der Waals surface area contributed by atoms with Crippen LogP contribution in [0, 0.1) is 11.3 Å². The van der Waals surface area contributed by atoms with Crippen molar-refractivity contribution in [2.75, 3.05) is 0 Å². The van der Waals surface area contributed by atoms with Crippen LogP contribution in [0.2, 0.25) is 0 Å². The molecule has 1 aliphatic carbocycles. The lowest BCUT2D eigenvalue weighted by atomic mass is 9.82. The van der Waals surface area contributed by atoms with E-state index in [4.69, 9.17) is 19.4 Å². The predicted molar refractivity (Wildman–Crippen MR) is 252 cm³/mol. The van der Waals surface area contributed by atoms with E-state index in [1.165, 1.54) is 22.3 Å². The lowest BCUT2D eigenvalue weighted by Crippen LogP contribution is -2.15. The van der Waals surface area contributed by atoms with Gasteiger partial charge in [0.05, 0.1) is 11.6 Å². The van der Waals surface area contributed by atoms with E-state index in [0.717, 1.165) is 82.4 Å². The lowest BCUT2D eigenvalue weighted by molar-refractivity contribution is 0.660. The van der Waals surface area contributed by atoms with E-state index in [0.29, 0.717) is 23.0 Å². The van der Waals surface area contributed by atoms with Crippen molar-refractivity contribution in [3.63, 3.8) is 0 Å². The molecule has 0 amide bonds. The molecule has 2 aromatic heterocycles. The molecule has 9 aromatic carbocycles. The molecule has 290 valence electrons. The fourth-order valence-electron chi connectivity index (χ4n) is 9.58. The Kier molecular flexibility index (Phi) is 7.88. The van der Waals surface area contributed by atoms with Crippen LogP contribution >= 0.6 is 0 Å². The van der Waals surface area contributed by atoms with Gasteiger partial charge < -0.3 is 4.42 Å². The summed E-state index contributed by atoms with van der Waals surface area (Å²) in [6.45, 7) is 4.59. The van der Waals surface area contributed by atoms with Crippen LogP contribution in [0.25, 0.3) is 111 Å². The van der Waals surface area contributed by atoms with E-state index >= 15 is 0 Å². The minimum Gasteiger partial charge on any atom is -0.455 e. The normalized spacial score (nSPS) is 12.8. The van der Waals surface area contributed by atoms with Gasteiger partial charge in [-0.15, -0.1) is 0 Å². The number of nitriles is 1. The summed E-state index contributed by atoms with van der Waals surface area (Å²) in [5.41, 5.74) is 14.4. The maximum Gasteiger partial charge on any atom is 0.164 e. The molecular weight excluding hydrogens is 757 g/mol. The highest BCUT2D eigenvalue weighted by atomic mass is 16.3. The third-order valence-electron chi connectivity index (χ3n) is 12.7. The van der Waals surface area contributed by atoms with Gasteiger partial charge in [-0.1, -0.05) is 153 Å². The number of nitrogens with zero attached hydrogens (tertiary/aromatic N) is 4. The molecular formula is C57H36N4O. The van der Waals surface area contributed by atoms with Crippen molar-refractivity contribution in [2.24, 2.45) is 0 Å². The van der Waals surface area contributed by atoms with Gasteiger partial charge in [-0.05, 0) is 103 Å². The third kappa shape index (κ3) is 5.58. The van der Waals surface area contributed by atoms with Crippen molar-refractivity contribution in [2.45, 2.75) is 19.3 Å². The molecule has 0 saturated heterocycles. The molecule has 0 aliphatic heterocycles. The summed E-state index contributed by atoms with van der Waals surface area (Å²) in [5, 5.41) is 16.0. The molecule has 0 spiro atoms. The molecule has 0 bridgehead atoms. The van der Waals surface area contributed by atoms with E-state index in [9.17, 15) is 5.26 Å². The van der Waals surface area contributed by atoms with Gasteiger partial charge in [0.1, 0.15) is 11.2 Å². The molecule has 11 aromatic rings. The van der Waals surface area contributed by atoms with E-state index in [-0.39, 0.29) is 5.41 Å². The van der Waals surface area contributed by atoms with Gasteiger partial charge >= 0.3 is 0 Å². The first-order valence-corrected chi connectivity index (χ1v) is 20.9. The summed E-state index contributed by atoms with van der Waals surface area (Å²) in [6.07, 6.45) is 0. The molecule has 0 N–H and O–H groups in total. The molecule has 1 aliphatic rings. The van der Waals surface area contributed by atoms with E-state index in [1.54, 1.807) is 0 Å². The van der Waals surface area contributed by atoms with Crippen LogP contribution in [0.1, 0.15) is 30.5 Å². The summed E-state index contributed by atoms with van der Waals surface area (Å²) in [4.78, 5) is 15.4. The van der Waals surface area contributed by atoms with Gasteiger partial charge in [-0.2, -0.15) is 5.26 Å². The van der Waals surface area contributed by atoms with Gasteiger partial charge in [-0.25, -0.2) is 15.0 Å². The average molecular weight is 793 g/mol. The van der Waals surface area contributed by atoms with Crippen LogP contribution in [0.3, 0.4) is 0 Å². The molecule has 0 atom stereocenters. The zero-order valence-corrected chi connectivity index (χ0v) is 34.0. The minimum atomic E-state index is -0.149. The van der Waals surface area contributed by atoms with Crippen LogP contribution in [0.15, 0.2) is 186 Å². The van der Waals surface area contributed by atoms with Crippen LogP contribution in [0.5, 0.6) is 0 Å². The fraction of sp³-hybridized carbons (Fsp3) is 0.0526. The topological polar surface area (TPSA) is 75.6 Å². The Labute approximate surface area is 358 Å². The third-order valence-corrected chi connectivity index (χ3v) is 12.7. The predicted octanol–water partition coefficient (Wildman–Crippen LogP) is 14.6. The van der Waals surface area contributed by atoms with Gasteiger partial charge in [0, 0.05) is 38.3 Å². The van der Waals surface area contributed by atoms with Crippen LogP contribution < -0.4 is 0 Å². The van der Waals surface area contributed by atoms with Crippen molar-refractivity contribution < 1.29 is 4.42 Å². The largest absolute Gasteiger partial charge is 0.455 e. The van der Waals surface area contributed by atoms with Gasteiger partial charge in [0.15, 0.2) is 17.5 Å². The second kappa shape index (κ2) is 13.7. The molecule has 2 heterocycles. The standard InChI is InChI=1S/C57H36N4O/c1-57(2)49-17-8-6-15-44(49)45-28-25-41(32-50(45)57)56-60-54(36-11-4-3-5-12-36)59-55(61-56)40-14-10-13-37(29-40)39-24-27-43-42-26-23-38(35-21-19-34(33-58)20-22-35)30-47(42)52-46-16-7-9-18-51(46)62-53(52)48(43)31-39/h3-32H,1-2H3. The zero-order valence-electron chi connectivity index (χ0n) is 34.0. The Bertz CT molecular complexity index is 3670. The highest BCUT2D eigenvalue weighted by Gasteiger charge is 2.35. The van der Waals surface area contributed by atoms with Crippen LogP contribution in [0.4, 0.5) is 0 Å². The first-order valence-electron chi connectivity index (χ1n) is 20.9. The summed E-state index contributed by atoms with van der Waals surface area (Å²) in [5.74, 6) is 1.88. The Morgan fingerprint density at radius 1 is 0.419 bits per heavy atom. The van der Waals surface area contributed by atoms with Crippen LogP contribution in [-0.2, 0) is 5.41 Å². The Balaban J connectivity index is 0.996. The summed E-state index contributed by atoms with van der Waals surface area (Å²) < 4.78 is 6.74. The second-order valence-electron chi connectivity index (χ2n) is 16.7. The highest BCUT2D eigenvalue weighted by molar-refractivity contribution is 6.30. The van der Waals surface area contributed by atoms with E-state index in [1.807, 2.05) is 66.7 Å². The molecule has 62 heavy (non-hydrogen) atoms. The molecule has 0 saturated carbocycles. The Hall–Kier alpha value is -8.20. The van der Waals surface area contributed by atoms with Gasteiger partial charge in [0.2, 0.25) is 0 Å². The van der Waals surface area contributed by atoms with Crippen molar-refractivity contribution in [1.82, 2.24) is 15.0 Å². The summed E-state index contributed by atoms with van der Waals surface area (Å²) >= 11 is 0. The first-order chi connectivity index (χ1) is 30.4. The smallest absolute Gasteiger partial charge is 0.164 e. The average Bonchev–Trinajstić information content (AvgIpc) is 3.84. The number of rotatable bonds is 5. The Morgan fingerprint density at radius 2 is 0.984 bits per heavy atom. The quantitative estimate of drug-likeness (QED) is 0.162. The maximum atomic E-state index is 9.38. The SMILES string of the molecule is CC1(C)c2ccccc2-c2ccc(-c3nc(-c4ccccc4)nc(-c4cccc(-c5ccc6c7ccc(-c8ccc(C#N)cc8)cc7c7c8ccccc8oc7c6c5)c4)n3)cc21. The van der Waals surface area contributed by atoms with Crippen molar-refractivity contribution in [3.8, 4) is 73.6 Å². The number of aromatic nitrogens is 3. The molecule has 0 unspecified atom stereocenters. The Morgan fingerprint density at radius 3 is 1.77 bits per heavy atom. The fourth-order valence-corrected chi connectivity index (χ4v) is 9.58. The molecule has 5 heteroatoms. The zero-order chi connectivity index (χ0) is 41.5. The minimum absolute atomic E-state index is 0.149. The number of benzene rings is 9. The molecule has 0 radical (unpaired) electrons. The highest BCUT2D eigenvalue weighted by Crippen LogP contribution is 2.49. The van der Waals surface area contributed by atoms with E-state index < -0.39 is 0 Å². The monoisotopic (exact) mass is 792 g/mol.